The summed E-state index contributed by atoms with van der Waals surface area (Å²) >= 11 is 0. The summed E-state index contributed by atoms with van der Waals surface area (Å²) in [6.07, 6.45) is 6.76. The molecule has 158 valence electrons. The molecule has 1 unspecified atom stereocenters. The molecule has 1 aliphatic carbocycles. The smallest absolute Gasteiger partial charge is 0.173 e. The van der Waals surface area contributed by atoms with E-state index < -0.39 is 0 Å². The topological polar surface area (TPSA) is 59.3 Å². The lowest BCUT2D eigenvalue weighted by atomic mass is 9.93. The number of hydrogen-bond donors (Lipinski definition) is 0. The molecule has 0 N–H and O–H groups in total. The first-order valence-corrected chi connectivity index (χ1v) is 10.7. The molecule has 1 aromatic heterocycles. The molecule has 0 spiro atoms. The SMILES string of the molecule is COCCn1nnnc1C(c1ccc(F)cc1)N1CCN(C2CCCCC2)CC1. The zero-order valence-corrected chi connectivity index (χ0v) is 17.2. The van der Waals surface area contributed by atoms with Gasteiger partial charge >= 0.3 is 0 Å². The average molecular weight is 403 g/mol. The van der Waals surface area contributed by atoms with E-state index >= 15 is 0 Å². The predicted octanol–water partition coefficient (Wildman–Crippen LogP) is 2.50. The highest BCUT2D eigenvalue weighted by atomic mass is 19.1. The van der Waals surface area contributed by atoms with E-state index in [1.54, 1.807) is 7.11 Å². The average Bonchev–Trinajstić information content (AvgIpc) is 3.23. The van der Waals surface area contributed by atoms with Gasteiger partial charge in [0.15, 0.2) is 5.82 Å². The highest BCUT2D eigenvalue weighted by molar-refractivity contribution is 5.25. The third-order valence-corrected chi connectivity index (χ3v) is 6.30. The van der Waals surface area contributed by atoms with Crippen molar-refractivity contribution in [3.63, 3.8) is 0 Å². The Bertz CT molecular complexity index is 753. The van der Waals surface area contributed by atoms with Crippen LogP contribution in [0, 0.1) is 5.82 Å². The molecule has 2 aliphatic rings. The molecule has 1 aromatic carbocycles. The van der Waals surface area contributed by atoms with Gasteiger partial charge in [0.25, 0.3) is 0 Å². The fourth-order valence-corrected chi connectivity index (χ4v) is 4.72. The van der Waals surface area contributed by atoms with E-state index in [0.29, 0.717) is 13.2 Å². The van der Waals surface area contributed by atoms with Crippen LogP contribution in [0.5, 0.6) is 0 Å². The lowest BCUT2D eigenvalue weighted by molar-refractivity contribution is 0.0615. The maximum Gasteiger partial charge on any atom is 0.173 e. The van der Waals surface area contributed by atoms with Crippen LogP contribution in [0.4, 0.5) is 4.39 Å². The van der Waals surface area contributed by atoms with Gasteiger partial charge in [-0.1, -0.05) is 31.4 Å². The molecule has 4 rings (SSSR count). The van der Waals surface area contributed by atoms with E-state index in [1.807, 2.05) is 16.8 Å². The van der Waals surface area contributed by atoms with Gasteiger partial charge in [0.1, 0.15) is 5.82 Å². The second-order valence-corrected chi connectivity index (χ2v) is 8.07. The first-order valence-electron chi connectivity index (χ1n) is 10.7. The second-order valence-electron chi connectivity index (χ2n) is 8.07. The molecular weight excluding hydrogens is 371 g/mol. The molecule has 1 aliphatic heterocycles. The number of aromatic nitrogens is 4. The molecule has 7 nitrogen and oxygen atoms in total. The monoisotopic (exact) mass is 402 g/mol. The lowest BCUT2D eigenvalue weighted by Crippen LogP contribution is -2.52. The lowest BCUT2D eigenvalue weighted by Gasteiger charge is -2.43. The minimum atomic E-state index is -0.228. The Kier molecular flexibility index (Phi) is 6.84. The number of benzene rings is 1. The van der Waals surface area contributed by atoms with Crippen molar-refractivity contribution in [1.29, 1.82) is 0 Å². The number of ether oxygens (including phenoxy) is 1. The fourth-order valence-electron chi connectivity index (χ4n) is 4.72. The maximum absolute atomic E-state index is 13.6. The van der Waals surface area contributed by atoms with Gasteiger partial charge in [-0.15, -0.1) is 5.10 Å². The summed E-state index contributed by atoms with van der Waals surface area (Å²) in [5, 5.41) is 12.4. The third-order valence-electron chi connectivity index (χ3n) is 6.30. The van der Waals surface area contributed by atoms with Crippen molar-refractivity contribution in [3.05, 3.63) is 41.5 Å². The van der Waals surface area contributed by atoms with Gasteiger partial charge in [-0.2, -0.15) is 0 Å². The van der Waals surface area contributed by atoms with Crippen molar-refractivity contribution in [2.45, 2.75) is 50.7 Å². The van der Waals surface area contributed by atoms with Gasteiger partial charge in [0.2, 0.25) is 0 Å². The zero-order chi connectivity index (χ0) is 20.1. The van der Waals surface area contributed by atoms with Crippen molar-refractivity contribution < 1.29 is 9.13 Å². The van der Waals surface area contributed by atoms with Crippen LogP contribution in [0.15, 0.2) is 24.3 Å². The molecule has 29 heavy (non-hydrogen) atoms. The predicted molar refractivity (Wildman–Crippen MR) is 108 cm³/mol. The zero-order valence-electron chi connectivity index (χ0n) is 17.2. The maximum atomic E-state index is 13.6. The van der Waals surface area contributed by atoms with Crippen molar-refractivity contribution in [2.75, 3.05) is 39.9 Å². The molecule has 0 radical (unpaired) electrons. The van der Waals surface area contributed by atoms with E-state index in [-0.39, 0.29) is 11.9 Å². The summed E-state index contributed by atoms with van der Waals surface area (Å²) in [6, 6.07) is 7.39. The van der Waals surface area contributed by atoms with Gasteiger partial charge in [-0.25, -0.2) is 9.07 Å². The summed E-state index contributed by atoms with van der Waals surface area (Å²) in [4.78, 5) is 5.09. The minimum absolute atomic E-state index is 0.0871. The highest BCUT2D eigenvalue weighted by Gasteiger charge is 2.32. The first-order chi connectivity index (χ1) is 14.3. The fraction of sp³-hybridized carbons (Fsp3) is 0.667. The van der Waals surface area contributed by atoms with Crippen LogP contribution in [0.2, 0.25) is 0 Å². The van der Waals surface area contributed by atoms with E-state index in [9.17, 15) is 4.39 Å². The van der Waals surface area contributed by atoms with Crippen LogP contribution < -0.4 is 0 Å². The van der Waals surface area contributed by atoms with Crippen molar-refractivity contribution in [3.8, 4) is 0 Å². The number of piperazine rings is 1. The number of tetrazole rings is 1. The summed E-state index contributed by atoms with van der Waals surface area (Å²) in [5.41, 5.74) is 1.02. The van der Waals surface area contributed by atoms with E-state index in [4.69, 9.17) is 4.74 Å². The number of hydrogen-bond acceptors (Lipinski definition) is 6. The number of methoxy groups -OCH3 is 1. The summed E-state index contributed by atoms with van der Waals surface area (Å²) in [6.45, 7) is 5.16. The highest BCUT2D eigenvalue weighted by Crippen LogP contribution is 2.30. The molecule has 1 saturated carbocycles. The standard InChI is InChI=1S/C21H31FN6O/c1-29-16-15-28-21(23-24-25-28)20(17-7-9-18(22)10-8-17)27-13-11-26(12-14-27)19-5-3-2-4-6-19/h7-10,19-20H,2-6,11-16H2,1H3. The van der Waals surface area contributed by atoms with E-state index in [1.165, 1.54) is 44.2 Å². The van der Waals surface area contributed by atoms with Crippen LogP contribution in [-0.4, -0.2) is 75.9 Å². The minimum Gasteiger partial charge on any atom is -0.383 e. The molecule has 0 amide bonds. The molecule has 2 heterocycles. The molecule has 2 fully saturated rings. The largest absolute Gasteiger partial charge is 0.383 e. The second kappa shape index (κ2) is 9.73. The first kappa shape index (κ1) is 20.4. The third kappa shape index (κ3) is 4.82. The van der Waals surface area contributed by atoms with E-state index in [2.05, 4.69) is 25.3 Å². The Balaban J connectivity index is 1.53. The Morgan fingerprint density at radius 3 is 2.48 bits per heavy atom. The Morgan fingerprint density at radius 1 is 1.07 bits per heavy atom. The van der Waals surface area contributed by atoms with Gasteiger partial charge in [0.05, 0.1) is 19.2 Å². The van der Waals surface area contributed by atoms with Crippen LogP contribution in [0.3, 0.4) is 0 Å². The van der Waals surface area contributed by atoms with Crippen LogP contribution in [0.25, 0.3) is 0 Å². The Labute approximate surface area is 171 Å². The molecule has 0 bridgehead atoms. The molecule has 2 aromatic rings. The van der Waals surface area contributed by atoms with Crippen molar-refractivity contribution in [1.82, 2.24) is 30.0 Å². The Morgan fingerprint density at radius 2 is 1.79 bits per heavy atom. The number of nitrogens with zero attached hydrogens (tertiary/aromatic N) is 6. The van der Waals surface area contributed by atoms with Crippen LogP contribution in [-0.2, 0) is 11.3 Å². The molecular formula is C21H31FN6O. The quantitative estimate of drug-likeness (QED) is 0.709. The van der Waals surface area contributed by atoms with Gasteiger partial charge in [-0.3, -0.25) is 9.80 Å². The number of halogens is 1. The summed E-state index contributed by atoms with van der Waals surface area (Å²) in [5.74, 6) is 0.563. The summed E-state index contributed by atoms with van der Waals surface area (Å²) in [7, 11) is 1.67. The van der Waals surface area contributed by atoms with Crippen LogP contribution >= 0.6 is 0 Å². The van der Waals surface area contributed by atoms with Gasteiger partial charge in [-0.05, 0) is 41.0 Å². The normalized spacial score (nSPS) is 20.8. The summed E-state index contributed by atoms with van der Waals surface area (Å²) < 4.78 is 20.6. The molecule has 8 heteroatoms. The Hall–Kier alpha value is -1.90. The molecule has 1 saturated heterocycles. The molecule has 1 atom stereocenters. The van der Waals surface area contributed by atoms with Gasteiger partial charge in [0, 0.05) is 39.3 Å². The number of rotatable bonds is 7. The van der Waals surface area contributed by atoms with Gasteiger partial charge < -0.3 is 4.74 Å². The van der Waals surface area contributed by atoms with Crippen molar-refractivity contribution >= 4 is 0 Å². The van der Waals surface area contributed by atoms with E-state index in [0.717, 1.165) is 43.6 Å². The van der Waals surface area contributed by atoms with Crippen LogP contribution in [0.1, 0.15) is 49.5 Å². The van der Waals surface area contributed by atoms with Crippen molar-refractivity contribution in [2.24, 2.45) is 0 Å².